The molecule has 1 aliphatic rings. The van der Waals surface area contributed by atoms with E-state index in [0.717, 1.165) is 5.52 Å². The van der Waals surface area contributed by atoms with Crippen LogP contribution in [-0.4, -0.2) is 67.0 Å². The minimum absolute atomic E-state index is 0.0457. The number of rotatable bonds is 6. The smallest absolute Gasteiger partial charge is 0.271 e. The normalized spacial score (nSPS) is 14.3. The molecule has 4 aromatic rings. The molecule has 11 nitrogen and oxygen atoms in total. The van der Waals surface area contributed by atoms with E-state index in [1.54, 1.807) is 23.2 Å². The van der Waals surface area contributed by atoms with Crippen molar-refractivity contribution in [3.63, 3.8) is 0 Å². The number of nitrogens with zero attached hydrogens (tertiary/aromatic N) is 5. The highest BCUT2D eigenvalue weighted by Crippen LogP contribution is 2.29. The Kier molecular flexibility index (Phi) is 6.32. The molecule has 0 radical (unpaired) electrons. The summed E-state index contributed by atoms with van der Waals surface area (Å²) in [5, 5.41) is 10.4. The van der Waals surface area contributed by atoms with Crippen LogP contribution in [0, 0.1) is 5.92 Å². The summed E-state index contributed by atoms with van der Waals surface area (Å²) in [6.07, 6.45) is 4.31. The van der Waals surface area contributed by atoms with Gasteiger partial charge in [0.05, 0.1) is 36.1 Å². The second-order valence-electron chi connectivity index (χ2n) is 8.22. The maximum Gasteiger partial charge on any atom is 0.271 e. The monoisotopic (exact) mass is 494 g/mol. The third kappa shape index (κ3) is 4.80. The van der Waals surface area contributed by atoms with Gasteiger partial charge in [-0.05, 0) is 31.0 Å². The summed E-state index contributed by atoms with van der Waals surface area (Å²) in [5.41, 5.74) is 2.94. The Morgan fingerprint density at radius 2 is 2.09 bits per heavy atom. The lowest BCUT2D eigenvalue weighted by atomic mass is 9.95. The number of methoxy groups -OCH3 is 1. The second-order valence-corrected chi connectivity index (χ2v) is 8.62. The fourth-order valence-corrected chi connectivity index (χ4v) is 4.31. The van der Waals surface area contributed by atoms with Crippen LogP contribution in [0.4, 0.5) is 0 Å². The van der Waals surface area contributed by atoms with Gasteiger partial charge in [0.15, 0.2) is 5.65 Å². The first-order chi connectivity index (χ1) is 17.0. The Hall–Kier alpha value is -3.99. The summed E-state index contributed by atoms with van der Waals surface area (Å²) >= 11 is 6.24. The largest absolute Gasteiger partial charge is 0.481 e. The van der Waals surface area contributed by atoms with Gasteiger partial charge in [0, 0.05) is 36.8 Å². The van der Waals surface area contributed by atoms with Crippen LogP contribution in [0.3, 0.4) is 0 Å². The minimum atomic E-state index is -0.172. The predicted molar refractivity (Wildman–Crippen MR) is 128 cm³/mol. The number of hydrogen-bond donors (Lipinski definition) is 3. The topological polar surface area (TPSA) is 142 Å². The lowest BCUT2D eigenvalue weighted by Crippen LogP contribution is -2.43. The molecule has 0 spiro atoms. The third-order valence-electron chi connectivity index (χ3n) is 6.01. The minimum Gasteiger partial charge on any atom is -0.481 e. The van der Waals surface area contributed by atoms with Gasteiger partial charge in [-0.1, -0.05) is 11.6 Å². The van der Waals surface area contributed by atoms with Crippen molar-refractivity contribution in [1.82, 2.24) is 40.3 Å². The second kappa shape index (κ2) is 9.71. The highest BCUT2D eigenvalue weighted by atomic mass is 35.5. The zero-order valence-corrected chi connectivity index (χ0v) is 19.7. The van der Waals surface area contributed by atoms with E-state index in [2.05, 4.69) is 35.5 Å². The molecule has 2 amide bonds. The first-order valence-corrected chi connectivity index (χ1v) is 11.5. The highest BCUT2D eigenvalue weighted by Gasteiger charge is 2.29. The van der Waals surface area contributed by atoms with Gasteiger partial charge >= 0.3 is 0 Å². The molecule has 0 saturated carbocycles. The van der Waals surface area contributed by atoms with E-state index in [1.807, 2.05) is 12.1 Å². The molecule has 0 unspecified atom stereocenters. The van der Waals surface area contributed by atoms with Crippen molar-refractivity contribution in [3.05, 3.63) is 53.2 Å². The number of H-pyrrole nitrogens is 2. The van der Waals surface area contributed by atoms with Crippen LogP contribution >= 0.6 is 11.6 Å². The van der Waals surface area contributed by atoms with Gasteiger partial charge in [0.2, 0.25) is 11.8 Å². The molecular formula is C23H23ClN8O3. The number of nitrogens with one attached hydrogen (secondary N) is 3. The Morgan fingerprint density at radius 3 is 2.86 bits per heavy atom. The van der Waals surface area contributed by atoms with Crippen molar-refractivity contribution in [2.45, 2.75) is 19.4 Å². The van der Waals surface area contributed by atoms with Gasteiger partial charge in [0.25, 0.3) is 5.91 Å². The average Bonchev–Trinajstić information content (AvgIpc) is 3.54. The van der Waals surface area contributed by atoms with Gasteiger partial charge in [0.1, 0.15) is 11.5 Å². The van der Waals surface area contributed by atoms with Crippen molar-refractivity contribution in [2.75, 3.05) is 20.2 Å². The van der Waals surface area contributed by atoms with E-state index in [9.17, 15) is 9.59 Å². The van der Waals surface area contributed by atoms with Crippen LogP contribution in [0.2, 0.25) is 5.02 Å². The summed E-state index contributed by atoms with van der Waals surface area (Å²) in [6.45, 7) is 1.25. The summed E-state index contributed by atoms with van der Waals surface area (Å²) < 4.78 is 5.14. The van der Waals surface area contributed by atoms with Crippen molar-refractivity contribution < 1.29 is 14.3 Å². The zero-order valence-electron chi connectivity index (χ0n) is 18.9. The van der Waals surface area contributed by atoms with Crippen molar-refractivity contribution in [2.24, 2.45) is 5.92 Å². The van der Waals surface area contributed by atoms with Crippen LogP contribution in [0.25, 0.3) is 22.4 Å². The number of ether oxygens (including phenoxy) is 1. The molecule has 4 aromatic heterocycles. The number of hydrogen-bond acceptors (Lipinski definition) is 7. The van der Waals surface area contributed by atoms with E-state index in [4.69, 9.17) is 16.3 Å². The number of aromatic nitrogens is 6. The van der Waals surface area contributed by atoms with Crippen molar-refractivity contribution in [1.29, 1.82) is 0 Å². The third-order valence-corrected chi connectivity index (χ3v) is 6.31. The van der Waals surface area contributed by atoms with E-state index in [0.29, 0.717) is 71.8 Å². The molecule has 3 N–H and O–H groups in total. The SMILES string of the molecule is COc1cc(-c2cc(C(=O)N3CCC(C(=O)NCc4nc5ncccc5[nH]4)CC3)[nH]n2)c(Cl)cn1. The highest BCUT2D eigenvalue weighted by molar-refractivity contribution is 6.33. The maximum absolute atomic E-state index is 13.0. The number of piperidine rings is 1. The number of imidazole rings is 1. The van der Waals surface area contributed by atoms with Gasteiger partial charge in [-0.15, -0.1) is 0 Å². The van der Waals surface area contributed by atoms with Crippen molar-refractivity contribution >= 4 is 34.6 Å². The summed E-state index contributed by atoms with van der Waals surface area (Å²) in [7, 11) is 1.51. The van der Waals surface area contributed by atoms with Crippen LogP contribution in [0.1, 0.15) is 29.2 Å². The van der Waals surface area contributed by atoms with Gasteiger partial charge < -0.3 is 19.9 Å². The lowest BCUT2D eigenvalue weighted by Gasteiger charge is -2.30. The number of carbonyl (C=O) groups is 2. The van der Waals surface area contributed by atoms with E-state index in [-0.39, 0.29) is 17.7 Å². The Labute approximate surface area is 205 Å². The van der Waals surface area contributed by atoms with Gasteiger partial charge in [-0.25, -0.2) is 15.0 Å². The van der Waals surface area contributed by atoms with Crippen LogP contribution in [-0.2, 0) is 11.3 Å². The van der Waals surface area contributed by atoms with E-state index >= 15 is 0 Å². The van der Waals surface area contributed by atoms with Gasteiger partial charge in [-0.3, -0.25) is 14.7 Å². The number of likely N-dealkylation sites (tertiary alicyclic amines) is 1. The summed E-state index contributed by atoms with van der Waals surface area (Å²) in [4.78, 5) is 43.1. The van der Waals surface area contributed by atoms with Gasteiger partial charge in [-0.2, -0.15) is 5.10 Å². The molecule has 12 heteroatoms. The molecule has 1 aliphatic heterocycles. The van der Waals surface area contributed by atoms with Crippen LogP contribution in [0.15, 0.2) is 36.7 Å². The van der Waals surface area contributed by atoms with Crippen LogP contribution < -0.4 is 10.1 Å². The molecule has 180 valence electrons. The molecule has 0 atom stereocenters. The predicted octanol–water partition coefficient (Wildman–Crippen LogP) is 2.57. The molecule has 1 saturated heterocycles. The molecular weight excluding hydrogens is 472 g/mol. The maximum atomic E-state index is 13.0. The zero-order chi connectivity index (χ0) is 24.4. The molecule has 0 aliphatic carbocycles. The number of aromatic amines is 2. The molecule has 5 heterocycles. The number of pyridine rings is 2. The molecule has 0 bridgehead atoms. The standard InChI is InChI=1S/C23H23ClN8O3/c1-35-20-9-14(15(24)11-26-20)17-10-18(31-30-17)23(34)32-7-4-13(5-8-32)22(33)27-12-19-28-16-3-2-6-25-21(16)29-19/h2-3,6,9-11,13H,4-5,7-8,12H2,1H3,(H,27,33)(H,30,31)(H,25,28,29). The molecule has 35 heavy (non-hydrogen) atoms. The molecule has 1 fully saturated rings. The number of halogens is 1. The molecule has 0 aromatic carbocycles. The average molecular weight is 495 g/mol. The fraction of sp³-hybridized carbons (Fsp3) is 0.304. The fourth-order valence-electron chi connectivity index (χ4n) is 4.11. The lowest BCUT2D eigenvalue weighted by molar-refractivity contribution is -0.126. The summed E-state index contributed by atoms with van der Waals surface area (Å²) in [6, 6.07) is 7.04. The Balaban J connectivity index is 1.16. The Morgan fingerprint density at radius 1 is 1.26 bits per heavy atom. The number of amides is 2. The van der Waals surface area contributed by atoms with E-state index in [1.165, 1.54) is 13.3 Å². The molecule has 5 rings (SSSR count). The Bertz CT molecular complexity index is 1340. The first kappa shape index (κ1) is 22.8. The van der Waals surface area contributed by atoms with Crippen molar-refractivity contribution in [3.8, 4) is 17.1 Å². The summed E-state index contributed by atoms with van der Waals surface area (Å²) in [5.74, 6) is 0.673. The number of carbonyl (C=O) groups excluding carboxylic acids is 2. The first-order valence-electron chi connectivity index (χ1n) is 11.1. The number of fused-ring (bicyclic) bond motifs is 1. The van der Waals surface area contributed by atoms with E-state index < -0.39 is 0 Å². The quantitative estimate of drug-likeness (QED) is 0.374. The van der Waals surface area contributed by atoms with Crippen LogP contribution in [0.5, 0.6) is 5.88 Å².